The van der Waals surface area contributed by atoms with Gasteiger partial charge >= 0.3 is 0 Å². The number of hydrogen-bond donors (Lipinski definition) is 0. The van der Waals surface area contributed by atoms with Crippen molar-refractivity contribution in [3.05, 3.63) is 34.4 Å². The lowest BCUT2D eigenvalue weighted by atomic mass is 10.3. The molecule has 7 heteroatoms. The fraction of sp³-hybridized carbons (Fsp3) is 0.333. The molecule has 0 amide bonds. The van der Waals surface area contributed by atoms with Crippen molar-refractivity contribution in [2.45, 2.75) is 6.92 Å². The lowest BCUT2D eigenvalue weighted by molar-refractivity contribution is -0.384. The largest absolute Gasteiger partial charge is 0.273 e. The highest BCUT2D eigenvalue weighted by molar-refractivity contribution is 7.92. The number of nitro groups is 1. The first-order chi connectivity index (χ1) is 7.38. The van der Waals surface area contributed by atoms with Gasteiger partial charge in [-0.25, -0.2) is 8.42 Å². The number of sulfonamides is 1. The molecule has 0 unspecified atom stereocenters. The molecule has 0 saturated carbocycles. The molecule has 0 heterocycles. The zero-order valence-electron chi connectivity index (χ0n) is 8.95. The van der Waals surface area contributed by atoms with Crippen molar-refractivity contribution >= 4 is 21.4 Å². The van der Waals surface area contributed by atoms with Crippen LogP contribution in [0.2, 0.25) is 0 Å². The van der Waals surface area contributed by atoms with Crippen molar-refractivity contribution in [2.75, 3.05) is 17.1 Å². The van der Waals surface area contributed by atoms with Gasteiger partial charge in [-0.15, -0.1) is 0 Å². The van der Waals surface area contributed by atoms with E-state index < -0.39 is 14.9 Å². The van der Waals surface area contributed by atoms with Gasteiger partial charge in [-0.2, -0.15) is 0 Å². The summed E-state index contributed by atoms with van der Waals surface area (Å²) in [4.78, 5) is 9.88. The van der Waals surface area contributed by atoms with Crippen molar-refractivity contribution in [3.8, 4) is 0 Å². The highest BCUT2D eigenvalue weighted by atomic mass is 32.2. The zero-order chi connectivity index (χ0) is 12.3. The highest BCUT2D eigenvalue weighted by Gasteiger charge is 2.16. The minimum absolute atomic E-state index is 0.0134. The molecular formula is C9H12N2O4S. The Balaban J connectivity index is 3.03. The summed E-state index contributed by atoms with van der Waals surface area (Å²) in [5.41, 5.74) is 0.346. The second-order valence-corrected chi connectivity index (χ2v) is 5.43. The van der Waals surface area contributed by atoms with Gasteiger partial charge in [0.25, 0.3) is 5.69 Å². The van der Waals surface area contributed by atoms with Gasteiger partial charge in [0, 0.05) is 19.2 Å². The van der Waals surface area contributed by atoms with Crippen LogP contribution in [0.1, 0.15) is 6.92 Å². The number of hydrogen-bond acceptors (Lipinski definition) is 4. The van der Waals surface area contributed by atoms with E-state index in [1.54, 1.807) is 0 Å². The Morgan fingerprint density at radius 3 is 2.19 bits per heavy atom. The van der Waals surface area contributed by atoms with Gasteiger partial charge in [0.2, 0.25) is 10.0 Å². The summed E-state index contributed by atoms with van der Waals surface area (Å²) in [5.74, 6) is -0.0134. The molecule has 1 aromatic rings. The second kappa shape index (κ2) is 4.48. The Morgan fingerprint density at radius 1 is 1.31 bits per heavy atom. The van der Waals surface area contributed by atoms with E-state index in [1.807, 2.05) is 0 Å². The summed E-state index contributed by atoms with van der Waals surface area (Å²) < 4.78 is 24.1. The predicted molar refractivity (Wildman–Crippen MR) is 61.0 cm³/mol. The van der Waals surface area contributed by atoms with E-state index in [9.17, 15) is 18.5 Å². The van der Waals surface area contributed by atoms with Crippen molar-refractivity contribution in [1.29, 1.82) is 0 Å². The Bertz CT molecular complexity index is 481. The lowest BCUT2D eigenvalue weighted by Crippen LogP contribution is -2.27. The molecule has 0 saturated heterocycles. The van der Waals surface area contributed by atoms with E-state index >= 15 is 0 Å². The summed E-state index contributed by atoms with van der Waals surface area (Å²) in [6.45, 7) is 1.54. The average molecular weight is 244 g/mol. The van der Waals surface area contributed by atoms with Crippen LogP contribution in [0.25, 0.3) is 0 Å². The molecule has 6 nitrogen and oxygen atoms in total. The molecule has 0 aliphatic rings. The predicted octanol–water partition coefficient (Wildman–Crippen LogP) is 1.38. The summed E-state index contributed by atoms with van der Waals surface area (Å²) in [7, 11) is -1.90. The third kappa shape index (κ3) is 2.48. The first-order valence-electron chi connectivity index (χ1n) is 4.59. The molecular weight excluding hydrogens is 232 g/mol. The standard InChI is InChI=1S/C9H12N2O4S/c1-3-16(14,15)10(2)8-4-6-9(7-5-8)11(12)13/h4-7H,3H2,1-2H3. The number of rotatable bonds is 4. The van der Waals surface area contributed by atoms with Gasteiger partial charge in [0.05, 0.1) is 16.4 Å². The first kappa shape index (κ1) is 12.4. The number of non-ortho nitro benzene ring substituents is 1. The number of benzene rings is 1. The van der Waals surface area contributed by atoms with E-state index in [-0.39, 0.29) is 11.4 Å². The van der Waals surface area contributed by atoms with Crippen molar-refractivity contribution < 1.29 is 13.3 Å². The molecule has 0 fully saturated rings. The molecule has 0 N–H and O–H groups in total. The normalized spacial score (nSPS) is 11.1. The maximum atomic E-state index is 11.5. The molecule has 0 radical (unpaired) electrons. The summed E-state index contributed by atoms with van der Waals surface area (Å²) >= 11 is 0. The molecule has 0 aliphatic carbocycles. The van der Waals surface area contributed by atoms with Crippen LogP contribution >= 0.6 is 0 Å². The van der Waals surface area contributed by atoms with Gasteiger partial charge in [-0.1, -0.05) is 0 Å². The van der Waals surface area contributed by atoms with Crippen LogP contribution in [0.15, 0.2) is 24.3 Å². The molecule has 0 bridgehead atoms. The fourth-order valence-electron chi connectivity index (χ4n) is 1.14. The quantitative estimate of drug-likeness (QED) is 0.592. The van der Waals surface area contributed by atoms with Crippen molar-refractivity contribution in [1.82, 2.24) is 0 Å². The van der Waals surface area contributed by atoms with E-state index in [1.165, 1.54) is 38.2 Å². The fourth-order valence-corrected chi connectivity index (χ4v) is 1.97. The Labute approximate surface area is 93.7 Å². The van der Waals surface area contributed by atoms with Crippen LogP contribution < -0.4 is 4.31 Å². The number of nitro benzene ring substituents is 1. The average Bonchev–Trinajstić information content (AvgIpc) is 2.28. The van der Waals surface area contributed by atoms with Gasteiger partial charge in [0.15, 0.2) is 0 Å². The Kier molecular flexibility index (Phi) is 3.48. The first-order valence-corrected chi connectivity index (χ1v) is 6.20. The molecule has 88 valence electrons. The van der Waals surface area contributed by atoms with E-state index in [2.05, 4.69) is 0 Å². The van der Waals surface area contributed by atoms with Crippen LogP contribution in [0, 0.1) is 10.1 Å². The van der Waals surface area contributed by atoms with Gasteiger partial charge in [-0.05, 0) is 19.1 Å². The molecule has 0 spiro atoms. The smallest absolute Gasteiger partial charge is 0.269 e. The third-order valence-corrected chi connectivity index (χ3v) is 3.98. The zero-order valence-corrected chi connectivity index (χ0v) is 9.77. The maximum absolute atomic E-state index is 11.5. The Morgan fingerprint density at radius 2 is 1.81 bits per heavy atom. The van der Waals surface area contributed by atoms with Gasteiger partial charge < -0.3 is 0 Å². The SMILES string of the molecule is CCS(=O)(=O)N(C)c1ccc([N+](=O)[O-])cc1. The highest BCUT2D eigenvalue weighted by Crippen LogP contribution is 2.20. The minimum Gasteiger partial charge on any atom is -0.273 e. The summed E-state index contributed by atoms with van der Waals surface area (Å²) in [5, 5.41) is 10.4. The maximum Gasteiger partial charge on any atom is 0.269 e. The molecule has 16 heavy (non-hydrogen) atoms. The van der Waals surface area contributed by atoms with E-state index in [0.717, 1.165) is 4.31 Å². The van der Waals surface area contributed by atoms with Crippen LogP contribution in [-0.4, -0.2) is 26.1 Å². The second-order valence-electron chi connectivity index (χ2n) is 3.14. The van der Waals surface area contributed by atoms with Crippen molar-refractivity contribution in [3.63, 3.8) is 0 Å². The van der Waals surface area contributed by atoms with Crippen LogP contribution in [0.3, 0.4) is 0 Å². The van der Waals surface area contributed by atoms with Gasteiger partial charge in [-0.3, -0.25) is 14.4 Å². The van der Waals surface area contributed by atoms with Crippen molar-refractivity contribution in [2.24, 2.45) is 0 Å². The topological polar surface area (TPSA) is 80.5 Å². The summed E-state index contributed by atoms with van der Waals surface area (Å²) in [6.07, 6.45) is 0. The molecule has 1 rings (SSSR count). The van der Waals surface area contributed by atoms with Crippen LogP contribution in [0.5, 0.6) is 0 Å². The number of anilines is 1. The van der Waals surface area contributed by atoms with E-state index in [4.69, 9.17) is 0 Å². The third-order valence-electron chi connectivity index (χ3n) is 2.21. The monoisotopic (exact) mass is 244 g/mol. The van der Waals surface area contributed by atoms with Gasteiger partial charge in [0.1, 0.15) is 0 Å². The molecule has 0 aromatic heterocycles. The lowest BCUT2D eigenvalue weighted by Gasteiger charge is -2.17. The Hall–Kier alpha value is -1.63. The summed E-state index contributed by atoms with van der Waals surface area (Å²) in [6, 6.07) is 5.37. The molecule has 0 aliphatic heterocycles. The number of nitrogens with zero attached hydrogens (tertiary/aromatic N) is 2. The van der Waals surface area contributed by atoms with Crippen LogP contribution in [0.4, 0.5) is 11.4 Å². The molecule has 1 aromatic carbocycles. The van der Waals surface area contributed by atoms with Crippen LogP contribution in [-0.2, 0) is 10.0 Å². The van der Waals surface area contributed by atoms with E-state index in [0.29, 0.717) is 5.69 Å². The molecule has 0 atom stereocenters. The minimum atomic E-state index is -3.32.